The molecule has 2 aromatic carbocycles. The maximum Gasteiger partial charge on any atom is 0.228 e. The zero-order valence-electron chi connectivity index (χ0n) is 15.3. The van der Waals surface area contributed by atoms with Gasteiger partial charge in [-0.1, -0.05) is 32.0 Å². The summed E-state index contributed by atoms with van der Waals surface area (Å²) in [5.41, 5.74) is 3.16. The van der Waals surface area contributed by atoms with E-state index in [1.54, 1.807) is 35.1 Å². The van der Waals surface area contributed by atoms with Gasteiger partial charge in [0.25, 0.3) is 0 Å². The van der Waals surface area contributed by atoms with Gasteiger partial charge in [0.1, 0.15) is 0 Å². The van der Waals surface area contributed by atoms with Gasteiger partial charge in [0, 0.05) is 23.5 Å². The second kappa shape index (κ2) is 8.31. The Balaban J connectivity index is 1.56. The van der Waals surface area contributed by atoms with Crippen molar-refractivity contribution in [3.05, 3.63) is 72.6 Å². The number of carbonyl (C=O) groups is 2. The Labute approximate surface area is 158 Å². The van der Waals surface area contributed by atoms with Gasteiger partial charge < -0.3 is 10.6 Å². The summed E-state index contributed by atoms with van der Waals surface area (Å²) < 4.78 is 1.74. The number of carbonyl (C=O) groups excluding carboxylic acids is 2. The standard InChI is InChI=1S/C21H22N4O2/c1-15(2)21(27)24-18-10-8-17(9-11-18)23-20(26)12-16-13-22-25(14-16)19-6-4-3-5-7-19/h3-11,13-15H,12H2,1-2H3,(H,23,26)(H,24,27). The lowest BCUT2D eigenvalue weighted by molar-refractivity contribution is -0.119. The molecule has 0 spiro atoms. The summed E-state index contributed by atoms with van der Waals surface area (Å²) >= 11 is 0. The Morgan fingerprint density at radius 1 is 0.963 bits per heavy atom. The predicted molar refractivity (Wildman–Crippen MR) is 106 cm³/mol. The predicted octanol–water partition coefficient (Wildman–Crippen LogP) is 3.65. The van der Waals surface area contributed by atoms with Crippen LogP contribution in [0.4, 0.5) is 11.4 Å². The summed E-state index contributed by atoms with van der Waals surface area (Å²) in [4.78, 5) is 24.0. The van der Waals surface area contributed by atoms with Crippen molar-refractivity contribution < 1.29 is 9.59 Å². The lowest BCUT2D eigenvalue weighted by atomic mass is 10.2. The van der Waals surface area contributed by atoms with Crippen molar-refractivity contribution in [1.29, 1.82) is 0 Å². The van der Waals surface area contributed by atoms with E-state index in [4.69, 9.17) is 0 Å². The van der Waals surface area contributed by atoms with Gasteiger partial charge in [-0.15, -0.1) is 0 Å². The quantitative estimate of drug-likeness (QED) is 0.703. The molecule has 2 N–H and O–H groups in total. The number of nitrogens with one attached hydrogen (secondary N) is 2. The molecule has 0 radical (unpaired) electrons. The van der Waals surface area contributed by atoms with Crippen molar-refractivity contribution in [2.45, 2.75) is 20.3 Å². The van der Waals surface area contributed by atoms with Gasteiger partial charge in [0.2, 0.25) is 11.8 Å². The molecule has 0 saturated carbocycles. The molecule has 0 atom stereocenters. The molecule has 0 bridgehead atoms. The summed E-state index contributed by atoms with van der Waals surface area (Å²) in [5.74, 6) is -0.245. The van der Waals surface area contributed by atoms with E-state index < -0.39 is 0 Å². The van der Waals surface area contributed by atoms with E-state index in [1.165, 1.54) is 0 Å². The fraction of sp³-hybridized carbons (Fsp3) is 0.190. The molecular formula is C21H22N4O2. The van der Waals surface area contributed by atoms with Crippen LogP contribution >= 0.6 is 0 Å². The minimum Gasteiger partial charge on any atom is -0.326 e. The van der Waals surface area contributed by atoms with Crippen molar-refractivity contribution in [3.8, 4) is 5.69 Å². The molecule has 0 aliphatic rings. The van der Waals surface area contributed by atoms with Crippen LogP contribution in [-0.2, 0) is 16.0 Å². The van der Waals surface area contributed by atoms with Crippen LogP contribution in [0.1, 0.15) is 19.4 Å². The van der Waals surface area contributed by atoms with Crippen LogP contribution in [0.25, 0.3) is 5.69 Å². The van der Waals surface area contributed by atoms with Gasteiger partial charge in [-0.05, 0) is 42.0 Å². The first-order valence-corrected chi connectivity index (χ1v) is 8.81. The molecule has 0 fully saturated rings. The van der Waals surface area contributed by atoms with Crippen LogP contribution in [0.2, 0.25) is 0 Å². The van der Waals surface area contributed by atoms with E-state index in [0.717, 1.165) is 11.3 Å². The highest BCUT2D eigenvalue weighted by molar-refractivity contribution is 5.94. The molecule has 3 aromatic rings. The smallest absolute Gasteiger partial charge is 0.228 e. The molecule has 6 heteroatoms. The Hall–Kier alpha value is -3.41. The van der Waals surface area contributed by atoms with Gasteiger partial charge in [-0.2, -0.15) is 5.10 Å². The zero-order chi connectivity index (χ0) is 19.2. The highest BCUT2D eigenvalue weighted by Crippen LogP contribution is 2.15. The molecule has 6 nitrogen and oxygen atoms in total. The first kappa shape index (κ1) is 18.4. The second-order valence-corrected chi connectivity index (χ2v) is 6.57. The van der Waals surface area contributed by atoms with E-state index in [9.17, 15) is 9.59 Å². The SMILES string of the molecule is CC(C)C(=O)Nc1ccc(NC(=O)Cc2cnn(-c3ccccc3)c2)cc1. The number of hydrogen-bond acceptors (Lipinski definition) is 3. The number of anilines is 2. The summed E-state index contributed by atoms with van der Waals surface area (Å²) in [6.45, 7) is 3.67. The minimum absolute atomic E-state index is 0.0396. The average molecular weight is 362 g/mol. The molecule has 138 valence electrons. The molecule has 0 aliphatic heterocycles. The first-order valence-electron chi connectivity index (χ1n) is 8.81. The van der Waals surface area contributed by atoms with Gasteiger partial charge >= 0.3 is 0 Å². The molecule has 1 aromatic heterocycles. The largest absolute Gasteiger partial charge is 0.326 e. The number of benzene rings is 2. The van der Waals surface area contributed by atoms with Crippen molar-refractivity contribution in [2.75, 3.05) is 10.6 Å². The molecule has 3 rings (SSSR count). The fourth-order valence-corrected chi connectivity index (χ4v) is 2.49. The van der Waals surface area contributed by atoms with Crippen LogP contribution in [0, 0.1) is 5.92 Å². The van der Waals surface area contributed by atoms with Crippen molar-refractivity contribution in [3.63, 3.8) is 0 Å². The van der Waals surface area contributed by atoms with Crippen molar-refractivity contribution >= 4 is 23.2 Å². The second-order valence-electron chi connectivity index (χ2n) is 6.57. The summed E-state index contributed by atoms with van der Waals surface area (Å²) in [7, 11) is 0. The zero-order valence-corrected chi connectivity index (χ0v) is 15.3. The highest BCUT2D eigenvalue weighted by atomic mass is 16.2. The number of nitrogens with zero attached hydrogens (tertiary/aromatic N) is 2. The third-order valence-electron chi connectivity index (χ3n) is 3.98. The van der Waals surface area contributed by atoms with Gasteiger partial charge in [0.15, 0.2) is 0 Å². The van der Waals surface area contributed by atoms with Crippen LogP contribution in [0.5, 0.6) is 0 Å². The number of hydrogen-bond donors (Lipinski definition) is 2. The maximum absolute atomic E-state index is 12.3. The van der Waals surface area contributed by atoms with E-state index in [-0.39, 0.29) is 24.2 Å². The van der Waals surface area contributed by atoms with Crippen molar-refractivity contribution in [1.82, 2.24) is 9.78 Å². The molecular weight excluding hydrogens is 340 g/mol. The molecule has 27 heavy (non-hydrogen) atoms. The third-order valence-corrected chi connectivity index (χ3v) is 3.98. The van der Waals surface area contributed by atoms with Gasteiger partial charge in [-0.25, -0.2) is 4.68 Å². The Bertz CT molecular complexity index is 915. The molecule has 0 aliphatic carbocycles. The first-order chi connectivity index (χ1) is 13.0. The summed E-state index contributed by atoms with van der Waals surface area (Å²) in [5, 5.41) is 9.97. The summed E-state index contributed by atoms with van der Waals surface area (Å²) in [6.07, 6.45) is 3.77. The number of para-hydroxylation sites is 1. The van der Waals surface area contributed by atoms with Crippen LogP contribution in [0.15, 0.2) is 67.0 Å². The molecule has 1 heterocycles. The van der Waals surface area contributed by atoms with Crippen LogP contribution in [-0.4, -0.2) is 21.6 Å². The normalized spacial score (nSPS) is 10.6. The molecule has 2 amide bonds. The van der Waals surface area contributed by atoms with Crippen LogP contribution < -0.4 is 10.6 Å². The molecule has 0 saturated heterocycles. The van der Waals surface area contributed by atoms with Crippen molar-refractivity contribution in [2.24, 2.45) is 5.92 Å². The maximum atomic E-state index is 12.3. The third kappa shape index (κ3) is 5.04. The summed E-state index contributed by atoms with van der Waals surface area (Å²) in [6, 6.07) is 16.8. The highest BCUT2D eigenvalue weighted by Gasteiger charge is 2.09. The Morgan fingerprint density at radius 3 is 2.22 bits per heavy atom. The van der Waals surface area contributed by atoms with Gasteiger partial charge in [0.05, 0.1) is 18.3 Å². The number of rotatable bonds is 6. The Kier molecular flexibility index (Phi) is 5.66. The molecule has 0 unspecified atom stereocenters. The van der Waals surface area contributed by atoms with E-state index >= 15 is 0 Å². The van der Waals surface area contributed by atoms with E-state index in [1.807, 2.05) is 50.4 Å². The van der Waals surface area contributed by atoms with Crippen LogP contribution in [0.3, 0.4) is 0 Å². The fourth-order valence-electron chi connectivity index (χ4n) is 2.49. The Morgan fingerprint density at radius 2 is 1.59 bits per heavy atom. The lowest BCUT2D eigenvalue weighted by Gasteiger charge is -2.09. The monoisotopic (exact) mass is 362 g/mol. The number of amides is 2. The number of aromatic nitrogens is 2. The van der Waals surface area contributed by atoms with Gasteiger partial charge in [-0.3, -0.25) is 9.59 Å². The van der Waals surface area contributed by atoms with E-state index in [0.29, 0.717) is 11.4 Å². The lowest BCUT2D eigenvalue weighted by Crippen LogP contribution is -2.18. The average Bonchev–Trinajstić information content (AvgIpc) is 3.12. The van der Waals surface area contributed by atoms with E-state index in [2.05, 4.69) is 15.7 Å². The topological polar surface area (TPSA) is 76.0 Å². The minimum atomic E-state index is -0.124.